The first-order chi connectivity index (χ1) is 14.2. The Morgan fingerprint density at radius 2 is 1.97 bits per heavy atom. The number of esters is 1. The minimum absolute atomic E-state index is 0.0950. The van der Waals surface area contributed by atoms with Gasteiger partial charge in [0.15, 0.2) is 12.4 Å². The molecular weight excluding hydrogens is 396 g/mol. The Balaban J connectivity index is 1.71. The van der Waals surface area contributed by atoms with Crippen molar-refractivity contribution in [3.63, 3.8) is 0 Å². The van der Waals surface area contributed by atoms with Gasteiger partial charge in [0.25, 0.3) is 11.7 Å². The van der Waals surface area contributed by atoms with E-state index in [0.717, 1.165) is 11.0 Å². The average molecular weight is 414 g/mol. The third-order valence-corrected chi connectivity index (χ3v) is 3.97. The molecule has 0 bridgehead atoms. The third-order valence-electron chi connectivity index (χ3n) is 3.97. The summed E-state index contributed by atoms with van der Waals surface area (Å²) in [5.74, 6) is -1.99. The van der Waals surface area contributed by atoms with Crippen molar-refractivity contribution in [3.8, 4) is 5.75 Å². The predicted molar refractivity (Wildman–Crippen MR) is 104 cm³/mol. The quantitative estimate of drug-likeness (QED) is 0.429. The zero-order chi connectivity index (χ0) is 21.8. The smallest absolute Gasteiger partial charge is 0.366 e. The minimum Gasteiger partial charge on any atom is -0.477 e. The van der Waals surface area contributed by atoms with Gasteiger partial charge in [-0.15, -0.1) is 0 Å². The molecule has 2 aromatic rings. The third kappa shape index (κ3) is 4.69. The van der Waals surface area contributed by atoms with Crippen LogP contribution in [0.3, 0.4) is 0 Å². The number of carbonyl (C=O) groups is 3. The van der Waals surface area contributed by atoms with E-state index >= 15 is 0 Å². The van der Waals surface area contributed by atoms with Crippen molar-refractivity contribution in [1.29, 1.82) is 0 Å². The van der Waals surface area contributed by atoms with Gasteiger partial charge in [-0.2, -0.15) is 0 Å². The lowest BCUT2D eigenvalue weighted by Crippen LogP contribution is -2.44. The lowest BCUT2D eigenvalue weighted by molar-refractivity contribution is -0.389. The fraction of sp³-hybridized carbons (Fsp3) is 0.263. The van der Waals surface area contributed by atoms with Crippen LogP contribution in [0.1, 0.15) is 24.2 Å². The summed E-state index contributed by atoms with van der Waals surface area (Å²) < 4.78 is 10.3. The summed E-state index contributed by atoms with van der Waals surface area (Å²) in [7, 11) is 0. The summed E-state index contributed by atoms with van der Waals surface area (Å²) in [4.78, 5) is 51.6. The van der Waals surface area contributed by atoms with Gasteiger partial charge >= 0.3 is 11.8 Å². The van der Waals surface area contributed by atoms with Crippen LogP contribution >= 0.6 is 0 Å². The van der Waals surface area contributed by atoms with E-state index in [9.17, 15) is 24.5 Å². The first-order valence-electron chi connectivity index (χ1n) is 8.94. The number of hydrogen-bond acceptors (Lipinski definition) is 8. The van der Waals surface area contributed by atoms with Crippen LogP contribution in [-0.4, -0.2) is 46.9 Å². The molecule has 1 N–H and O–H groups in total. The van der Waals surface area contributed by atoms with Crippen LogP contribution in [0.15, 0.2) is 36.4 Å². The Labute approximate surface area is 170 Å². The molecule has 1 aliphatic rings. The van der Waals surface area contributed by atoms with Crippen molar-refractivity contribution >= 4 is 35.1 Å². The number of ether oxygens (including phenoxy) is 2. The molecule has 0 saturated carbocycles. The second kappa shape index (κ2) is 8.55. The van der Waals surface area contributed by atoms with Crippen LogP contribution < -0.4 is 15.0 Å². The molecule has 0 fully saturated rings. The van der Waals surface area contributed by atoms with Crippen molar-refractivity contribution in [2.75, 3.05) is 23.4 Å². The Morgan fingerprint density at radius 3 is 2.60 bits per heavy atom. The summed E-state index contributed by atoms with van der Waals surface area (Å²) in [6, 6.07) is 8.52. The van der Waals surface area contributed by atoms with E-state index in [4.69, 9.17) is 9.47 Å². The Hall–Kier alpha value is -4.02. The van der Waals surface area contributed by atoms with Crippen LogP contribution in [0.4, 0.5) is 17.3 Å². The number of carbonyl (C=O) groups excluding carboxylic acids is 3. The first kappa shape index (κ1) is 20.7. The molecule has 2 amide bonds. The van der Waals surface area contributed by atoms with E-state index in [-0.39, 0.29) is 24.3 Å². The average Bonchev–Trinajstić information content (AvgIpc) is 2.69. The number of aromatic nitrogens is 1. The Kier molecular flexibility index (Phi) is 5.90. The molecule has 1 aromatic heterocycles. The van der Waals surface area contributed by atoms with Crippen molar-refractivity contribution in [1.82, 2.24) is 4.98 Å². The van der Waals surface area contributed by atoms with Gasteiger partial charge in [-0.25, -0.2) is 4.79 Å². The molecule has 3 rings (SSSR count). The SMILES string of the molecule is CC(C)OC(=O)c1ccc(NC(=O)CN2C(=O)COc3ccc([N+](=O)[O-])nc32)cc1. The first-order valence-corrected chi connectivity index (χ1v) is 8.94. The maximum atomic E-state index is 12.4. The zero-order valence-corrected chi connectivity index (χ0v) is 16.2. The molecule has 156 valence electrons. The normalized spacial score (nSPS) is 12.8. The number of pyridine rings is 1. The number of benzene rings is 1. The molecule has 0 atom stereocenters. The number of nitrogens with one attached hydrogen (secondary N) is 1. The number of nitro groups is 1. The van der Waals surface area contributed by atoms with E-state index in [1.165, 1.54) is 30.3 Å². The van der Waals surface area contributed by atoms with Gasteiger partial charge < -0.3 is 24.9 Å². The highest BCUT2D eigenvalue weighted by Crippen LogP contribution is 2.31. The van der Waals surface area contributed by atoms with Crippen molar-refractivity contribution in [3.05, 3.63) is 52.1 Å². The molecular formula is C19H18N4O7. The van der Waals surface area contributed by atoms with Crippen LogP contribution in [0, 0.1) is 10.1 Å². The number of nitrogens with zero attached hydrogens (tertiary/aromatic N) is 3. The van der Waals surface area contributed by atoms with Gasteiger partial charge in [-0.3, -0.25) is 14.5 Å². The molecule has 0 unspecified atom stereocenters. The molecule has 2 heterocycles. The Bertz CT molecular complexity index is 1000. The number of rotatable bonds is 6. The van der Waals surface area contributed by atoms with Crippen molar-refractivity contribution in [2.24, 2.45) is 0 Å². The maximum Gasteiger partial charge on any atom is 0.366 e. The highest BCUT2D eigenvalue weighted by Gasteiger charge is 2.33. The standard InChI is InChI=1S/C19H18N4O7/c1-11(2)30-19(26)12-3-5-13(6-4-12)20-16(24)9-22-17(25)10-29-14-7-8-15(23(27)28)21-18(14)22/h3-8,11H,9-10H2,1-2H3,(H,20,24). The van der Waals surface area contributed by atoms with Crippen LogP contribution in [0.2, 0.25) is 0 Å². The molecule has 0 spiro atoms. The van der Waals surface area contributed by atoms with Crippen LogP contribution in [0.25, 0.3) is 0 Å². The highest BCUT2D eigenvalue weighted by molar-refractivity contribution is 6.04. The zero-order valence-electron chi connectivity index (χ0n) is 16.2. The van der Waals surface area contributed by atoms with Crippen LogP contribution in [-0.2, 0) is 14.3 Å². The van der Waals surface area contributed by atoms with E-state index < -0.39 is 35.1 Å². The minimum atomic E-state index is -0.705. The van der Waals surface area contributed by atoms with Gasteiger partial charge in [0.2, 0.25) is 5.91 Å². The fourth-order valence-electron chi connectivity index (χ4n) is 2.65. The van der Waals surface area contributed by atoms with Gasteiger partial charge in [0.1, 0.15) is 6.54 Å². The molecule has 0 aliphatic carbocycles. The highest BCUT2D eigenvalue weighted by atomic mass is 16.6. The van der Waals surface area contributed by atoms with Gasteiger partial charge in [-0.1, -0.05) is 0 Å². The van der Waals surface area contributed by atoms with Crippen molar-refractivity contribution < 1.29 is 28.8 Å². The van der Waals surface area contributed by atoms with Gasteiger partial charge in [0.05, 0.1) is 11.7 Å². The number of hydrogen-bond donors (Lipinski definition) is 1. The van der Waals surface area contributed by atoms with E-state index in [1.807, 2.05) is 0 Å². The predicted octanol–water partition coefficient (Wildman–Crippen LogP) is 1.92. The summed E-state index contributed by atoms with van der Waals surface area (Å²) in [5, 5.41) is 13.6. The van der Waals surface area contributed by atoms with E-state index in [2.05, 4.69) is 10.3 Å². The van der Waals surface area contributed by atoms with Gasteiger partial charge in [-0.05, 0) is 54.1 Å². The molecule has 0 saturated heterocycles. The second-order valence-electron chi connectivity index (χ2n) is 6.60. The number of anilines is 2. The Morgan fingerprint density at radius 1 is 1.27 bits per heavy atom. The molecule has 11 heteroatoms. The topological polar surface area (TPSA) is 141 Å². The second-order valence-corrected chi connectivity index (χ2v) is 6.60. The summed E-state index contributed by atoms with van der Waals surface area (Å²) in [5.41, 5.74) is 0.726. The maximum absolute atomic E-state index is 12.4. The van der Waals surface area contributed by atoms with E-state index in [0.29, 0.717) is 11.3 Å². The largest absolute Gasteiger partial charge is 0.477 e. The summed E-state index contributed by atoms with van der Waals surface area (Å²) in [6.07, 6.45) is -0.254. The number of fused-ring (bicyclic) bond motifs is 1. The molecule has 30 heavy (non-hydrogen) atoms. The lowest BCUT2D eigenvalue weighted by atomic mass is 10.2. The van der Waals surface area contributed by atoms with Crippen molar-refractivity contribution in [2.45, 2.75) is 20.0 Å². The molecule has 1 aliphatic heterocycles. The summed E-state index contributed by atoms with van der Waals surface area (Å²) in [6.45, 7) is 2.75. The summed E-state index contributed by atoms with van der Waals surface area (Å²) >= 11 is 0. The fourth-order valence-corrected chi connectivity index (χ4v) is 2.65. The number of amides is 2. The molecule has 0 radical (unpaired) electrons. The van der Waals surface area contributed by atoms with Crippen LogP contribution in [0.5, 0.6) is 5.75 Å². The molecule has 1 aromatic carbocycles. The lowest BCUT2D eigenvalue weighted by Gasteiger charge is -2.24. The van der Waals surface area contributed by atoms with Gasteiger partial charge in [0, 0.05) is 11.8 Å². The molecule has 11 nitrogen and oxygen atoms in total. The van der Waals surface area contributed by atoms with E-state index in [1.54, 1.807) is 13.8 Å². The monoisotopic (exact) mass is 414 g/mol.